The van der Waals surface area contributed by atoms with Gasteiger partial charge in [-0.1, -0.05) is 42.5 Å². The molecule has 0 unspecified atom stereocenters. The highest BCUT2D eigenvalue weighted by Crippen LogP contribution is 2.33. The van der Waals surface area contributed by atoms with Crippen LogP contribution in [0.4, 0.5) is 11.4 Å². The van der Waals surface area contributed by atoms with E-state index in [2.05, 4.69) is 12.1 Å². The Labute approximate surface area is 139 Å². The molecule has 0 bridgehead atoms. The van der Waals surface area contributed by atoms with E-state index in [1.807, 2.05) is 48.5 Å². The number of aldehydes is 1. The first kappa shape index (κ1) is 14.3. The molecule has 0 aromatic heterocycles. The minimum absolute atomic E-state index is 0.557. The van der Waals surface area contributed by atoms with Crippen LogP contribution in [0.2, 0.25) is 0 Å². The summed E-state index contributed by atoms with van der Waals surface area (Å²) in [6, 6.07) is 21.8. The molecule has 0 spiro atoms. The van der Waals surface area contributed by atoms with Crippen LogP contribution in [0.25, 0.3) is 32.7 Å². The number of carbonyl (C=O) groups excluding carboxylic acids is 1. The Kier molecular flexibility index (Phi) is 3.21. The lowest BCUT2D eigenvalue weighted by Gasteiger charge is -2.10. The molecule has 4 N–H and O–H groups in total. The van der Waals surface area contributed by atoms with Crippen LogP contribution in [0.1, 0.15) is 10.4 Å². The number of nitrogens with two attached hydrogens (primary N) is 2. The van der Waals surface area contributed by atoms with E-state index in [0.29, 0.717) is 16.9 Å². The van der Waals surface area contributed by atoms with Crippen LogP contribution < -0.4 is 11.5 Å². The minimum atomic E-state index is 0.557. The van der Waals surface area contributed by atoms with Gasteiger partial charge < -0.3 is 11.5 Å². The number of rotatable bonds is 2. The van der Waals surface area contributed by atoms with E-state index >= 15 is 0 Å². The molecule has 0 aliphatic rings. The normalized spacial score (nSPS) is 11.0. The third-order valence-electron chi connectivity index (χ3n) is 4.44. The first-order valence-electron chi connectivity index (χ1n) is 7.73. The van der Waals surface area contributed by atoms with E-state index in [-0.39, 0.29) is 0 Å². The van der Waals surface area contributed by atoms with Crippen LogP contribution in [0.3, 0.4) is 0 Å². The van der Waals surface area contributed by atoms with Crippen molar-refractivity contribution in [1.29, 1.82) is 0 Å². The zero-order valence-electron chi connectivity index (χ0n) is 13.0. The van der Waals surface area contributed by atoms with Crippen molar-refractivity contribution in [1.82, 2.24) is 0 Å². The summed E-state index contributed by atoms with van der Waals surface area (Å²) >= 11 is 0. The van der Waals surface area contributed by atoms with E-state index in [4.69, 9.17) is 11.5 Å². The molecule has 24 heavy (non-hydrogen) atoms. The lowest BCUT2D eigenvalue weighted by atomic mass is 9.94. The minimum Gasteiger partial charge on any atom is -0.397 e. The fourth-order valence-electron chi connectivity index (χ4n) is 3.16. The molecule has 0 radical (unpaired) electrons. The van der Waals surface area contributed by atoms with Gasteiger partial charge in [0, 0.05) is 5.56 Å². The molecule has 0 heterocycles. The van der Waals surface area contributed by atoms with Crippen molar-refractivity contribution in [2.24, 2.45) is 0 Å². The van der Waals surface area contributed by atoms with E-state index in [1.165, 1.54) is 0 Å². The Morgan fingerprint density at radius 1 is 0.667 bits per heavy atom. The summed E-state index contributed by atoms with van der Waals surface area (Å²) < 4.78 is 0. The Morgan fingerprint density at radius 3 is 2.21 bits per heavy atom. The number of benzene rings is 4. The van der Waals surface area contributed by atoms with Gasteiger partial charge in [-0.05, 0) is 56.9 Å². The molecule has 0 atom stereocenters. The third kappa shape index (κ3) is 2.18. The first-order chi connectivity index (χ1) is 11.7. The summed E-state index contributed by atoms with van der Waals surface area (Å²) in [6.45, 7) is 0. The van der Waals surface area contributed by atoms with Crippen molar-refractivity contribution in [3.05, 3.63) is 72.3 Å². The fraction of sp³-hybridized carbons (Fsp3) is 0. The zero-order valence-corrected chi connectivity index (χ0v) is 13.0. The van der Waals surface area contributed by atoms with E-state index in [0.717, 1.165) is 39.0 Å². The monoisotopic (exact) mass is 312 g/mol. The molecule has 0 aliphatic heterocycles. The second-order valence-electron chi connectivity index (χ2n) is 5.91. The van der Waals surface area contributed by atoms with Crippen LogP contribution in [0.5, 0.6) is 0 Å². The topological polar surface area (TPSA) is 69.1 Å². The Balaban J connectivity index is 2.02. The molecule has 0 aliphatic carbocycles. The summed E-state index contributed by atoms with van der Waals surface area (Å²) in [7, 11) is 0. The van der Waals surface area contributed by atoms with Crippen LogP contribution >= 0.6 is 0 Å². The molecule has 0 fully saturated rings. The van der Waals surface area contributed by atoms with Gasteiger partial charge in [0.05, 0.1) is 11.4 Å². The van der Waals surface area contributed by atoms with Crippen LogP contribution in [0.15, 0.2) is 66.7 Å². The van der Waals surface area contributed by atoms with E-state index < -0.39 is 0 Å². The maximum atomic E-state index is 11.6. The molecule has 3 nitrogen and oxygen atoms in total. The lowest BCUT2D eigenvalue weighted by Crippen LogP contribution is -1.94. The van der Waals surface area contributed by atoms with Crippen molar-refractivity contribution in [3.8, 4) is 11.1 Å². The van der Waals surface area contributed by atoms with E-state index in [1.54, 1.807) is 6.07 Å². The molecule has 0 saturated carbocycles. The number of carbonyl (C=O) groups is 1. The largest absolute Gasteiger partial charge is 0.397 e. The van der Waals surface area contributed by atoms with Gasteiger partial charge in [0.25, 0.3) is 0 Å². The molecule has 4 rings (SSSR count). The van der Waals surface area contributed by atoms with Crippen LogP contribution in [-0.2, 0) is 0 Å². The van der Waals surface area contributed by atoms with Crippen molar-refractivity contribution in [3.63, 3.8) is 0 Å². The number of fused-ring (bicyclic) bond motifs is 3. The molecule has 4 aromatic rings. The average Bonchev–Trinajstić information content (AvgIpc) is 2.62. The second kappa shape index (κ2) is 5.39. The van der Waals surface area contributed by atoms with Crippen LogP contribution in [-0.4, -0.2) is 6.29 Å². The molecule has 116 valence electrons. The smallest absolute Gasteiger partial charge is 0.150 e. The Hall–Kier alpha value is -3.33. The molecule has 0 saturated heterocycles. The lowest BCUT2D eigenvalue weighted by molar-refractivity contribution is 0.112. The molecular weight excluding hydrogens is 296 g/mol. The Morgan fingerprint density at radius 2 is 1.42 bits per heavy atom. The fourth-order valence-corrected chi connectivity index (χ4v) is 3.16. The van der Waals surface area contributed by atoms with Crippen LogP contribution in [0, 0.1) is 0 Å². The summed E-state index contributed by atoms with van der Waals surface area (Å²) in [6.07, 6.45) is 0.913. The van der Waals surface area contributed by atoms with Crippen molar-refractivity contribution in [2.45, 2.75) is 0 Å². The van der Waals surface area contributed by atoms with Gasteiger partial charge in [-0.15, -0.1) is 0 Å². The third-order valence-corrected chi connectivity index (χ3v) is 4.44. The van der Waals surface area contributed by atoms with Crippen molar-refractivity contribution in [2.75, 3.05) is 11.5 Å². The van der Waals surface area contributed by atoms with Crippen molar-refractivity contribution >= 4 is 39.2 Å². The highest BCUT2D eigenvalue weighted by atomic mass is 16.1. The number of anilines is 2. The quantitative estimate of drug-likeness (QED) is 0.322. The van der Waals surface area contributed by atoms with Gasteiger partial charge in [-0.3, -0.25) is 4.79 Å². The zero-order chi connectivity index (χ0) is 16.7. The number of hydrogen-bond donors (Lipinski definition) is 2. The van der Waals surface area contributed by atoms with Gasteiger partial charge in [0.15, 0.2) is 6.29 Å². The SMILES string of the molecule is Nc1ccc(-c2ccc3c(c2)c(C=O)cc2ccccc23)cc1N. The number of nitrogen functional groups attached to an aromatic ring is 2. The summed E-state index contributed by atoms with van der Waals surface area (Å²) in [4.78, 5) is 11.6. The average molecular weight is 312 g/mol. The predicted molar refractivity (Wildman–Crippen MR) is 101 cm³/mol. The number of hydrogen-bond acceptors (Lipinski definition) is 3. The molecule has 4 aromatic carbocycles. The molecule has 0 amide bonds. The van der Waals surface area contributed by atoms with Crippen molar-refractivity contribution < 1.29 is 4.79 Å². The van der Waals surface area contributed by atoms with Gasteiger partial charge in [-0.2, -0.15) is 0 Å². The summed E-state index contributed by atoms with van der Waals surface area (Å²) in [5.41, 5.74) is 15.5. The van der Waals surface area contributed by atoms with E-state index in [9.17, 15) is 4.79 Å². The van der Waals surface area contributed by atoms with Gasteiger partial charge in [0.2, 0.25) is 0 Å². The molecular formula is C21H16N2O. The highest BCUT2D eigenvalue weighted by Gasteiger charge is 2.08. The molecule has 3 heteroatoms. The standard InChI is InChI=1S/C21H16N2O/c22-20-8-6-14(11-21(20)23)13-5-7-18-17-4-2-1-3-15(17)9-16(12-24)19(18)10-13/h1-12H,22-23H2. The first-order valence-corrected chi connectivity index (χ1v) is 7.73. The maximum Gasteiger partial charge on any atom is 0.150 e. The van der Waals surface area contributed by atoms with Gasteiger partial charge in [0.1, 0.15) is 0 Å². The highest BCUT2D eigenvalue weighted by molar-refractivity contribution is 6.14. The second-order valence-corrected chi connectivity index (χ2v) is 5.91. The van der Waals surface area contributed by atoms with Gasteiger partial charge in [-0.25, -0.2) is 0 Å². The van der Waals surface area contributed by atoms with Gasteiger partial charge >= 0.3 is 0 Å². The summed E-state index contributed by atoms with van der Waals surface area (Å²) in [5.74, 6) is 0. The predicted octanol–water partition coefficient (Wildman–Crippen LogP) is 4.64. The maximum absolute atomic E-state index is 11.6. The Bertz CT molecular complexity index is 1100. The summed E-state index contributed by atoms with van der Waals surface area (Å²) in [5, 5.41) is 4.22.